The van der Waals surface area contributed by atoms with Crippen LogP contribution in [-0.2, 0) is 16.1 Å². The molecule has 0 radical (unpaired) electrons. The van der Waals surface area contributed by atoms with Crippen LogP contribution in [0.4, 0.5) is 0 Å². The lowest BCUT2D eigenvalue weighted by atomic mass is 9.88. The monoisotopic (exact) mass is 474 g/mol. The van der Waals surface area contributed by atoms with Crippen LogP contribution in [0.15, 0.2) is 48.5 Å². The van der Waals surface area contributed by atoms with E-state index in [2.05, 4.69) is 10.3 Å². The first-order valence-electron chi connectivity index (χ1n) is 11.7. The van der Waals surface area contributed by atoms with E-state index in [1.165, 1.54) is 0 Å². The maximum atomic E-state index is 13.2. The van der Waals surface area contributed by atoms with Crippen LogP contribution in [0.1, 0.15) is 70.9 Å². The molecule has 1 atom stereocenters. The molecule has 0 aliphatic carbocycles. The SMILES string of the molecule is Cc1ccc(-c2c(C)nc(C(=O)NCc3ccccc3)c(C)c2C(OC(C)(C)C)C(=O)O)cc1C. The average molecular weight is 475 g/mol. The molecule has 0 fully saturated rings. The molecule has 0 aliphatic heterocycles. The predicted molar refractivity (Wildman–Crippen MR) is 137 cm³/mol. The third-order valence-corrected chi connectivity index (χ3v) is 5.93. The van der Waals surface area contributed by atoms with Gasteiger partial charge in [0.1, 0.15) is 5.69 Å². The van der Waals surface area contributed by atoms with Gasteiger partial charge in [-0.2, -0.15) is 0 Å². The van der Waals surface area contributed by atoms with Crippen LogP contribution in [0, 0.1) is 27.7 Å². The topological polar surface area (TPSA) is 88.5 Å². The highest BCUT2D eigenvalue weighted by atomic mass is 16.5. The Balaban J connectivity index is 2.18. The van der Waals surface area contributed by atoms with Crippen LogP contribution in [0.5, 0.6) is 0 Å². The Morgan fingerprint density at radius 2 is 1.66 bits per heavy atom. The van der Waals surface area contributed by atoms with Crippen LogP contribution >= 0.6 is 0 Å². The van der Waals surface area contributed by atoms with Crippen molar-refractivity contribution >= 4 is 11.9 Å². The van der Waals surface area contributed by atoms with Crippen molar-refractivity contribution in [3.05, 3.63) is 87.7 Å². The molecule has 1 heterocycles. The van der Waals surface area contributed by atoms with Crippen molar-refractivity contribution in [3.63, 3.8) is 0 Å². The summed E-state index contributed by atoms with van der Waals surface area (Å²) in [5.41, 5.74) is 5.70. The van der Waals surface area contributed by atoms with E-state index in [9.17, 15) is 14.7 Å². The van der Waals surface area contributed by atoms with Crippen molar-refractivity contribution in [1.82, 2.24) is 10.3 Å². The molecule has 1 unspecified atom stereocenters. The van der Waals surface area contributed by atoms with Crippen LogP contribution < -0.4 is 5.32 Å². The highest BCUT2D eigenvalue weighted by Gasteiger charge is 2.33. The van der Waals surface area contributed by atoms with Gasteiger partial charge in [0.2, 0.25) is 0 Å². The molecule has 0 spiro atoms. The van der Waals surface area contributed by atoms with Gasteiger partial charge in [0.25, 0.3) is 5.91 Å². The summed E-state index contributed by atoms with van der Waals surface area (Å²) < 4.78 is 6.04. The highest BCUT2D eigenvalue weighted by Crippen LogP contribution is 2.38. The van der Waals surface area contributed by atoms with Crippen molar-refractivity contribution in [2.24, 2.45) is 0 Å². The number of carbonyl (C=O) groups excluding carboxylic acids is 1. The second kappa shape index (κ2) is 10.4. The Morgan fingerprint density at radius 1 is 1.00 bits per heavy atom. The van der Waals surface area contributed by atoms with E-state index in [4.69, 9.17) is 4.74 Å². The van der Waals surface area contributed by atoms with Crippen molar-refractivity contribution in [3.8, 4) is 11.1 Å². The van der Waals surface area contributed by atoms with Crippen LogP contribution in [0.3, 0.4) is 0 Å². The van der Waals surface area contributed by atoms with Crippen molar-refractivity contribution in [2.45, 2.75) is 66.7 Å². The van der Waals surface area contributed by atoms with Gasteiger partial charge in [0, 0.05) is 23.4 Å². The molecule has 2 N–H and O–H groups in total. The number of amides is 1. The molecule has 1 amide bonds. The first kappa shape index (κ1) is 26.1. The van der Waals surface area contributed by atoms with Gasteiger partial charge in [-0.1, -0.05) is 48.5 Å². The molecule has 0 bridgehead atoms. The van der Waals surface area contributed by atoms with E-state index in [1.54, 1.807) is 13.8 Å². The zero-order valence-corrected chi connectivity index (χ0v) is 21.5. The smallest absolute Gasteiger partial charge is 0.337 e. The molecule has 1 aromatic heterocycles. The second-order valence-electron chi connectivity index (χ2n) is 9.88. The zero-order valence-electron chi connectivity index (χ0n) is 21.5. The fraction of sp³-hybridized carbons (Fsp3) is 0.345. The van der Waals surface area contributed by atoms with E-state index in [1.807, 2.05) is 83.1 Å². The summed E-state index contributed by atoms with van der Waals surface area (Å²) in [6.07, 6.45) is -1.27. The van der Waals surface area contributed by atoms with Crippen LogP contribution in [0.25, 0.3) is 11.1 Å². The summed E-state index contributed by atoms with van der Waals surface area (Å²) in [6.45, 7) is 13.4. The summed E-state index contributed by atoms with van der Waals surface area (Å²) in [5.74, 6) is -1.48. The number of aromatic nitrogens is 1. The standard InChI is InChI=1S/C29H34N2O4/c1-17-13-14-22(15-18(17)2)24-20(4)31-25(27(32)30-16-21-11-9-8-10-12-21)19(3)23(24)26(28(33)34)35-29(5,6)7/h8-15,26H,16H2,1-7H3,(H,30,32)(H,33,34). The largest absolute Gasteiger partial charge is 0.479 e. The maximum absolute atomic E-state index is 13.2. The first-order chi connectivity index (χ1) is 16.4. The number of carboxylic acids is 1. The number of aryl methyl sites for hydroxylation is 3. The Kier molecular flexibility index (Phi) is 7.76. The van der Waals surface area contributed by atoms with Gasteiger partial charge in [0.15, 0.2) is 6.10 Å². The molecule has 6 nitrogen and oxygen atoms in total. The molecular formula is C29H34N2O4. The fourth-order valence-corrected chi connectivity index (χ4v) is 4.08. The lowest BCUT2D eigenvalue weighted by molar-refractivity contribution is -0.160. The maximum Gasteiger partial charge on any atom is 0.337 e. The average Bonchev–Trinajstić information content (AvgIpc) is 2.79. The number of ether oxygens (including phenoxy) is 1. The lowest BCUT2D eigenvalue weighted by Gasteiger charge is -2.29. The quantitative estimate of drug-likeness (QED) is 0.448. The van der Waals surface area contributed by atoms with E-state index in [-0.39, 0.29) is 11.6 Å². The number of hydrogen-bond acceptors (Lipinski definition) is 4. The minimum Gasteiger partial charge on any atom is -0.479 e. The fourth-order valence-electron chi connectivity index (χ4n) is 4.08. The number of nitrogens with zero attached hydrogens (tertiary/aromatic N) is 1. The summed E-state index contributed by atoms with van der Waals surface area (Å²) in [6, 6.07) is 15.6. The number of rotatable bonds is 7. The van der Waals surface area contributed by atoms with E-state index in [0.717, 1.165) is 22.3 Å². The van der Waals surface area contributed by atoms with E-state index >= 15 is 0 Å². The van der Waals surface area contributed by atoms with E-state index in [0.29, 0.717) is 28.9 Å². The third kappa shape index (κ3) is 6.14. The Hall–Kier alpha value is -3.51. The van der Waals surface area contributed by atoms with Crippen LogP contribution in [-0.4, -0.2) is 27.6 Å². The zero-order chi connectivity index (χ0) is 25.9. The first-order valence-corrected chi connectivity index (χ1v) is 11.7. The Labute approximate surface area is 207 Å². The molecule has 0 saturated carbocycles. The number of aliphatic carboxylic acids is 1. The lowest BCUT2D eigenvalue weighted by Crippen LogP contribution is -2.30. The van der Waals surface area contributed by atoms with Crippen LogP contribution in [0.2, 0.25) is 0 Å². The third-order valence-electron chi connectivity index (χ3n) is 5.93. The number of carboxylic acid groups (broad SMARTS) is 1. The molecule has 3 aromatic rings. The summed E-state index contributed by atoms with van der Waals surface area (Å²) in [4.78, 5) is 30.3. The predicted octanol–water partition coefficient (Wildman–Crippen LogP) is 5.85. The molecule has 35 heavy (non-hydrogen) atoms. The molecule has 184 valence electrons. The van der Waals surface area contributed by atoms with Gasteiger partial charge < -0.3 is 15.2 Å². The Bertz CT molecular complexity index is 1240. The molecular weight excluding hydrogens is 440 g/mol. The summed E-state index contributed by atoms with van der Waals surface area (Å²) in [5, 5.41) is 13.1. The Morgan fingerprint density at radius 3 is 2.23 bits per heavy atom. The molecule has 0 saturated heterocycles. The van der Waals surface area contributed by atoms with Gasteiger partial charge in [-0.3, -0.25) is 4.79 Å². The number of pyridine rings is 1. The molecule has 0 aliphatic rings. The molecule has 3 rings (SSSR count). The number of benzene rings is 2. The second-order valence-corrected chi connectivity index (χ2v) is 9.88. The minimum absolute atomic E-state index is 0.199. The molecule has 2 aromatic carbocycles. The number of hydrogen-bond donors (Lipinski definition) is 2. The van der Waals surface area contributed by atoms with Gasteiger partial charge in [-0.05, 0) is 76.3 Å². The summed E-state index contributed by atoms with van der Waals surface area (Å²) in [7, 11) is 0. The van der Waals surface area contributed by atoms with Gasteiger partial charge in [-0.15, -0.1) is 0 Å². The van der Waals surface area contributed by atoms with Gasteiger partial charge in [0.05, 0.1) is 5.60 Å². The highest BCUT2D eigenvalue weighted by molar-refractivity contribution is 5.96. The summed E-state index contributed by atoms with van der Waals surface area (Å²) >= 11 is 0. The number of carbonyl (C=O) groups is 2. The molecule has 6 heteroatoms. The van der Waals surface area contributed by atoms with Crippen molar-refractivity contribution in [2.75, 3.05) is 0 Å². The minimum atomic E-state index is -1.27. The van der Waals surface area contributed by atoms with Gasteiger partial charge in [-0.25, -0.2) is 9.78 Å². The van der Waals surface area contributed by atoms with Crippen molar-refractivity contribution < 1.29 is 19.4 Å². The van der Waals surface area contributed by atoms with E-state index < -0.39 is 17.7 Å². The van der Waals surface area contributed by atoms with Gasteiger partial charge >= 0.3 is 5.97 Å². The normalized spacial score (nSPS) is 12.3. The van der Waals surface area contributed by atoms with Crippen molar-refractivity contribution in [1.29, 1.82) is 0 Å². The number of nitrogens with one attached hydrogen (secondary N) is 1.